The van der Waals surface area contributed by atoms with E-state index in [0.29, 0.717) is 21.8 Å². The van der Waals surface area contributed by atoms with E-state index >= 15 is 0 Å². The van der Waals surface area contributed by atoms with E-state index in [4.69, 9.17) is 27.6 Å². The molecule has 146 valence electrons. The molecule has 1 fully saturated rings. The van der Waals surface area contributed by atoms with Gasteiger partial charge in [0.05, 0.1) is 16.1 Å². The van der Waals surface area contributed by atoms with Gasteiger partial charge in [-0.2, -0.15) is 0 Å². The van der Waals surface area contributed by atoms with Gasteiger partial charge in [-0.15, -0.1) is 10.2 Å². The fourth-order valence-electron chi connectivity index (χ4n) is 3.48. The van der Waals surface area contributed by atoms with Gasteiger partial charge in [-0.1, -0.05) is 53.5 Å². The van der Waals surface area contributed by atoms with Crippen molar-refractivity contribution in [2.45, 2.75) is 19.5 Å². The number of halogens is 2. The molecule has 1 aliphatic heterocycles. The van der Waals surface area contributed by atoms with Crippen LogP contribution in [0.15, 0.2) is 52.9 Å². The molecule has 28 heavy (non-hydrogen) atoms. The lowest BCUT2D eigenvalue weighted by molar-refractivity contribution is 0.0876. The quantitative estimate of drug-likeness (QED) is 0.590. The van der Waals surface area contributed by atoms with E-state index < -0.39 is 0 Å². The van der Waals surface area contributed by atoms with E-state index in [1.54, 1.807) is 0 Å². The highest BCUT2D eigenvalue weighted by Gasteiger charge is 2.26. The van der Waals surface area contributed by atoms with E-state index in [1.165, 1.54) is 0 Å². The van der Waals surface area contributed by atoms with Crippen molar-refractivity contribution in [1.29, 1.82) is 0 Å². The molecule has 0 amide bonds. The number of aromatic nitrogens is 2. The van der Waals surface area contributed by atoms with Gasteiger partial charge >= 0.3 is 0 Å². The monoisotopic (exact) mass is 416 g/mol. The number of nitrogens with zero attached hydrogens (tertiary/aromatic N) is 4. The summed E-state index contributed by atoms with van der Waals surface area (Å²) in [4.78, 5) is 4.77. The van der Waals surface area contributed by atoms with Crippen LogP contribution in [0.2, 0.25) is 10.0 Å². The van der Waals surface area contributed by atoms with Crippen LogP contribution in [-0.4, -0.2) is 46.2 Å². The maximum absolute atomic E-state index is 6.33. The molecule has 0 N–H and O–H groups in total. The zero-order chi connectivity index (χ0) is 19.5. The van der Waals surface area contributed by atoms with Gasteiger partial charge in [0.1, 0.15) is 0 Å². The Bertz CT molecular complexity index is 923. The smallest absolute Gasteiger partial charge is 0.247 e. The summed E-state index contributed by atoms with van der Waals surface area (Å²) in [6, 6.07) is 15.7. The van der Waals surface area contributed by atoms with Gasteiger partial charge in [0.2, 0.25) is 11.8 Å². The number of benzene rings is 2. The fourth-order valence-corrected chi connectivity index (χ4v) is 3.86. The normalized spacial score (nSPS) is 17.0. The molecule has 0 spiro atoms. The standard InChI is InChI=1S/C21H22Cl2N4O/c1-15(20-24-25-21(28-20)16-6-3-2-4-7-16)27-12-10-26(11-13-27)14-17-8-5-9-18(22)19(17)23/h2-9,15H,10-14H2,1H3. The topological polar surface area (TPSA) is 45.4 Å². The van der Waals surface area contributed by atoms with Crippen LogP contribution in [0.1, 0.15) is 24.4 Å². The van der Waals surface area contributed by atoms with Crippen LogP contribution in [0.4, 0.5) is 0 Å². The Balaban J connectivity index is 1.36. The molecule has 0 aliphatic carbocycles. The summed E-state index contributed by atoms with van der Waals surface area (Å²) in [5.41, 5.74) is 2.01. The Morgan fingerprint density at radius 3 is 2.46 bits per heavy atom. The number of rotatable bonds is 5. The average Bonchev–Trinajstić information content (AvgIpc) is 3.22. The Hall–Kier alpha value is -1.92. The lowest BCUT2D eigenvalue weighted by Crippen LogP contribution is -2.46. The van der Waals surface area contributed by atoms with Crippen molar-refractivity contribution in [3.8, 4) is 11.5 Å². The SMILES string of the molecule is CC(c1nnc(-c2ccccc2)o1)N1CCN(Cc2cccc(Cl)c2Cl)CC1. The van der Waals surface area contributed by atoms with E-state index in [-0.39, 0.29) is 6.04 Å². The minimum Gasteiger partial charge on any atom is -0.419 e. The first-order chi connectivity index (χ1) is 13.6. The summed E-state index contributed by atoms with van der Waals surface area (Å²) >= 11 is 12.5. The molecule has 2 heterocycles. The molecule has 3 aromatic rings. The van der Waals surface area contributed by atoms with Crippen molar-refractivity contribution in [2.24, 2.45) is 0 Å². The molecular weight excluding hydrogens is 395 g/mol. The molecule has 1 aliphatic rings. The van der Waals surface area contributed by atoms with Gasteiger partial charge in [0.15, 0.2) is 0 Å². The van der Waals surface area contributed by atoms with Gasteiger partial charge in [0, 0.05) is 38.3 Å². The van der Waals surface area contributed by atoms with Crippen molar-refractivity contribution in [3.63, 3.8) is 0 Å². The molecule has 0 saturated carbocycles. The number of piperazine rings is 1. The largest absolute Gasteiger partial charge is 0.419 e. The minimum atomic E-state index is 0.0851. The highest BCUT2D eigenvalue weighted by atomic mass is 35.5. The van der Waals surface area contributed by atoms with E-state index in [9.17, 15) is 0 Å². The number of hydrogen-bond acceptors (Lipinski definition) is 5. The predicted molar refractivity (Wildman–Crippen MR) is 111 cm³/mol. The van der Waals surface area contributed by atoms with Crippen LogP contribution in [0.25, 0.3) is 11.5 Å². The third kappa shape index (κ3) is 4.23. The molecule has 2 aromatic carbocycles. The molecule has 5 nitrogen and oxygen atoms in total. The zero-order valence-corrected chi connectivity index (χ0v) is 17.2. The van der Waals surface area contributed by atoms with Gasteiger partial charge in [-0.3, -0.25) is 9.80 Å². The van der Waals surface area contributed by atoms with Gasteiger partial charge < -0.3 is 4.42 Å². The van der Waals surface area contributed by atoms with Crippen molar-refractivity contribution < 1.29 is 4.42 Å². The van der Waals surface area contributed by atoms with Crippen LogP contribution in [-0.2, 0) is 6.54 Å². The van der Waals surface area contributed by atoms with Crippen LogP contribution in [0, 0.1) is 0 Å². The van der Waals surface area contributed by atoms with Crippen LogP contribution in [0.5, 0.6) is 0 Å². The third-order valence-corrected chi connectivity index (χ3v) is 6.06. The summed E-state index contributed by atoms with van der Waals surface area (Å²) < 4.78 is 5.93. The molecule has 1 aromatic heterocycles. The average molecular weight is 417 g/mol. The Kier molecular flexibility index (Phi) is 5.97. The van der Waals surface area contributed by atoms with Crippen LogP contribution >= 0.6 is 23.2 Å². The first-order valence-electron chi connectivity index (χ1n) is 9.40. The summed E-state index contributed by atoms with van der Waals surface area (Å²) in [5.74, 6) is 1.22. The first kappa shape index (κ1) is 19.4. The second-order valence-corrected chi connectivity index (χ2v) is 7.80. The first-order valence-corrected chi connectivity index (χ1v) is 10.2. The molecule has 0 bridgehead atoms. The molecule has 1 saturated heterocycles. The maximum atomic E-state index is 6.33. The van der Waals surface area contributed by atoms with Crippen LogP contribution in [0.3, 0.4) is 0 Å². The van der Waals surface area contributed by atoms with Crippen molar-refractivity contribution in [3.05, 3.63) is 70.0 Å². The van der Waals surface area contributed by atoms with Crippen LogP contribution < -0.4 is 0 Å². The summed E-state index contributed by atoms with van der Waals surface area (Å²) in [5, 5.41) is 9.74. The van der Waals surface area contributed by atoms with Gasteiger partial charge in [0.25, 0.3) is 0 Å². The Labute approximate surface area is 174 Å². The fraction of sp³-hybridized carbons (Fsp3) is 0.333. The predicted octanol–water partition coefficient (Wildman–Crippen LogP) is 4.92. The lowest BCUT2D eigenvalue weighted by atomic mass is 10.1. The van der Waals surface area contributed by atoms with Crippen molar-refractivity contribution >= 4 is 23.2 Å². The summed E-state index contributed by atoms with van der Waals surface area (Å²) in [7, 11) is 0. The molecular formula is C21H22Cl2N4O. The van der Waals surface area contributed by atoms with E-state index in [2.05, 4.69) is 26.9 Å². The zero-order valence-electron chi connectivity index (χ0n) is 15.7. The van der Waals surface area contributed by atoms with Gasteiger partial charge in [-0.05, 0) is 30.7 Å². The second-order valence-electron chi connectivity index (χ2n) is 7.01. The second kappa shape index (κ2) is 8.62. The van der Waals surface area contributed by atoms with E-state index in [0.717, 1.165) is 43.9 Å². The molecule has 1 unspecified atom stereocenters. The lowest BCUT2D eigenvalue weighted by Gasteiger charge is -2.37. The molecule has 0 radical (unpaired) electrons. The van der Waals surface area contributed by atoms with E-state index in [1.807, 2.05) is 48.5 Å². The highest BCUT2D eigenvalue weighted by Crippen LogP contribution is 2.28. The Morgan fingerprint density at radius 2 is 1.71 bits per heavy atom. The summed E-state index contributed by atoms with van der Waals surface area (Å²) in [6.07, 6.45) is 0. The molecule has 1 atom stereocenters. The Morgan fingerprint density at radius 1 is 0.964 bits per heavy atom. The van der Waals surface area contributed by atoms with Gasteiger partial charge in [-0.25, -0.2) is 0 Å². The molecule has 7 heteroatoms. The summed E-state index contributed by atoms with van der Waals surface area (Å²) in [6.45, 7) is 6.69. The molecule has 4 rings (SSSR count). The highest BCUT2D eigenvalue weighted by molar-refractivity contribution is 6.42. The van der Waals surface area contributed by atoms with Crippen molar-refractivity contribution in [2.75, 3.05) is 26.2 Å². The number of hydrogen-bond donors (Lipinski definition) is 0. The minimum absolute atomic E-state index is 0.0851. The maximum Gasteiger partial charge on any atom is 0.247 e. The third-order valence-electron chi connectivity index (χ3n) is 5.20. The van der Waals surface area contributed by atoms with Crippen molar-refractivity contribution in [1.82, 2.24) is 20.0 Å².